The van der Waals surface area contributed by atoms with E-state index in [4.69, 9.17) is 9.84 Å². The summed E-state index contributed by atoms with van der Waals surface area (Å²) in [6, 6.07) is 10.0. The third kappa shape index (κ3) is 2.60. The molecule has 1 fully saturated rings. The lowest BCUT2D eigenvalue weighted by molar-refractivity contribution is 0.261. The van der Waals surface area contributed by atoms with Gasteiger partial charge in [0.15, 0.2) is 18.1 Å². The van der Waals surface area contributed by atoms with Crippen LogP contribution in [0.1, 0.15) is 54.5 Å². The molecular weight excluding hydrogens is 368 g/mol. The van der Waals surface area contributed by atoms with Gasteiger partial charge in [0.2, 0.25) is 11.7 Å². The van der Waals surface area contributed by atoms with Crippen molar-refractivity contribution in [2.24, 2.45) is 7.05 Å². The summed E-state index contributed by atoms with van der Waals surface area (Å²) >= 11 is 0. The molecule has 0 N–H and O–H groups in total. The lowest BCUT2D eigenvalue weighted by Crippen LogP contribution is -2.25. The summed E-state index contributed by atoms with van der Waals surface area (Å²) in [5.41, 5.74) is 4.31. The molecule has 0 aliphatic heterocycles. The van der Waals surface area contributed by atoms with Crippen LogP contribution >= 0.6 is 0 Å². The highest BCUT2D eigenvalue weighted by Crippen LogP contribution is 2.53. The van der Waals surface area contributed by atoms with Crippen molar-refractivity contribution in [3.8, 4) is 17.3 Å². The Kier molecular flexibility index (Phi) is 3.62. The van der Waals surface area contributed by atoms with E-state index in [1.807, 2.05) is 34.8 Å². The lowest BCUT2D eigenvalue weighted by atomic mass is 9.67. The van der Waals surface area contributed by atoms with Crippen molar-refractivity contribution in [2.75, 3.05) is 0 Å². The standard InChI is InChI=1S/C20H20N8O/c1-27-24-15(21-26-27)11-29-20-17-13-9-7-12(8-10-13)16(17)19-23-22-18(28(19)25-20)14-5-3-2-4-6-14/h2-6,12-13H,7-11H2,1H3. The Bertz CT molecular complexity index is 1190. The fourth-order valence-electron chi connectivity index (χ4n) is 4.78. The minimum atomic E-state index is 0.235. The molecule has 0 saturated heterocycles. The zero-order valence-electron chi connectivity index (χ0n) is 16.1. The zero-order chi connectivity index (χ0) is 19.4. The first-order valence-electron chi connectivity index (χ1n) is 9.98. The monoisotopic (exact) mass is 388 g/mol. The van der Waals surface area contributed by atoms with Gasteiger partial charge in [-0.05, 0) is 42.7 Å². The van der Waals surface area contributed by atoms with Gasteiger partial charge in [0.05, 0.1) is 7.05 Å². The maximum atomic E-state index is 6.16. The van der Waals surface area contributed by atoms with Gasteiger partial charge in [0, 0.05) is 16.7 Å². The van der Waals surface area contributed by atoms with Gasteiger partial charge in [-0.15, -0.1) is 25.5 Å². The lowest BCUT2D eigenvalue weighted by Gasteiger charge is -2.38. The Hall–Kier alpha value is -3.36. The molecule has 3 heterocycles. The van der Waals surface area contributed by atoms with Crippen molar-refractivity contribution in [3.05, 3.63) is 47.3 Å². The molecule has 3 aromatic heterocycles. The van der Waals surface area contributed by atoms with Gasteiger partial charge in [-0.2, -0.15) is 9.31 Å². The molecule has 9 heteroatoms. The summed E-state index contributed by atoms with van der Waals surface area (Å²) in [6.45, 7) is 0.235. The van der Waals surface area contributed by atoms with Gasteiger partial charge in [-0.3, -0.25) is 0 Å². The molecule has 0 atom stereocenters. The second-order valence-electron chi connectivity index (χ2n) is 7.79. The number of ether oxygens (including phenoxy) is 1. The molecule has 1 saturated carbocycles. The molecular formula is C20H20N8O. The fourth-order valence-corrected chi connectivity index (χ4v) is 4.78. The minimum absolute atomic E-state index is 0.235. The number of benzene rings is 1. The van der Waals surface area contributed by atoms with E-state index >= 15 is 0 Å². The number of aromatic nitrogens is 8. The van der Waals surface area contributed by atoms with E-state index in [2.05, 4.69) is 25.6 Å². The fraction of sp³-hybridized carbons (Fsp3) is 0.400. The molecule has 0 unspecified atom stereocenters. The third-order valence-electron chi connectivity index (χ3n) is 6.06. The molecule has 9 nitrogen and oxygen atoms in total. The Balaban J connectivity index is 1.51. The van der Waals surface area contributed by atoms with E-state index < -0.39 is 0 Å². The summed E-state index contributed by atoms with van der Waals surface area (Å²) in [4.78, 5) is 1.43. The van der Waals surface area contributed by atoms with Crippen LogP contribution in [0.25, 0.3) is 17.0 Å². The van der Waals surface area contributed by atoms with E-state index in [1.165, 1.54) is 41.6 Å². The summed E-state index contributed by atoms with van der Waals surface area (Å²) in [5, 5.41) is 26.0. The molecule has 7 rings (SSSR count). The molecule has 3 aliphatic rings. The van der Waals surface area contributed by atoms with Gasteiger partial charge < -0.3 is 4.74 Å². The Morgan fingerprint density at radius 3 is 2.41 bits per heavy atom. The van der Waals surface area contributed by atoms with Crippen LogP contribution in [0.15, 0.2) is 30.3 Å². The maximum Gasteiger partial charge on any atom is 0.236 e. The van der Waals surface area contributed by atoms with Crippen LogP contribution in [0.5, 0.6) is 5.88 Å². The number of tetrazole rings is 1. The van der Waals surface area contributed by atoms with Crippen LogP contribution in [0.3, 0.4) is 0 Å². The Morgan fingerprint density at radius 1 is 0.931 bits per heavy atom. The van der Waals surface area contributed by atoms with Crippen LogP contribution in [0.4, 0.5) is 0 Å². The van der Waals surface area contributed by atoms with Crippen LogP contribution in [-0.2, 0) is 13.7 Å². The van der Waals surface area contributed by atoms with E-state index in [9.17, 15) is 0 Å². The molecule has 3 aliphatic carbocycles. The molecule has 0 radical (unpaired) electrons. The molecule has 4 aromatic rings. The smallest absolute Gasteiger partial charge is 0.236 e. The molecule has 0 amide bonds. The number of aryl methyl sites for hydroxylation is 1. The highest BCUT2D eigenvalue weighted by molar-refractivity contribution is 5.65. The average Bonchev–Trinajstić information content (AvgIpc) is 3.39. The largest absolute Gasteiger partial charge is 0.468 e. The molecule has 0 spiro atoms. The maximum absolute atomic E-state index is 6.16. The predicted molar refractivity (Wildman–Crippen MR) is 103 cm³/mol. The zero-order valence-corrected chi connectivity index (χ0v) is 16.1. The first kappa shape index (κ1) is 16.6. The Morgan fingerprint density at radius 2 is 1.69 bits per heavy atom. The van der Waals surface area contributed by atoms with E-state index in [1.54, 1.807) is 7.05 Å². The van der Waals surface area contributed by atoms with Gasteiger partial charge in [-0.25, -0.2) is 0 Å². The second kappa shape index (κ2) is 6.33. The van der Waals surface area contributed by atoms with Crippen LogP contribution in [0, 0.1) is 0 Å². The SMILES string of the molecule is Cn1nnc(COc2nn3c(-c4ccccc4)nnc3c3c2C2CCC3CC2)n1. The number of fused-ring (bicyclic) bond motifs is 3. The number of rotatable bonds is 4. The normalized spacial score (nSPS) is 20.2. The Labute approximate surface area is 166 Å². The first-order chi connectivity index (χ1) is 14.3. The van der Waals surface area contributed by atoms with E-state index in [0.29, 0.717) is 23.5 Å². The number of hydrogen-bond acceptors (Lipinski definition) is 7. The van der Waals surface area contributed by atoms with Crippen molar-refractivity contribution in [1.82, 2.24) is 40.0 Å². The second-order valence-corrected chi connectivity index (χ2v) is 7.79. The summed E-state index contributed by atoms with van der Waals surface area (Å²) in [7, 11) is 1.74. The van der Waals surface area contributed by atoms with Gasteiger partial charge in [0.25, 0.3) is 0 Å². The third-order valence-corrected chi connectivity index (χ3v) is 6.06. The topological polar surface area (TPSA) is 95.9 Å². The predicted octanol–water partition coefficient (Wildman–Crippen LogP) is 2.65. The van der Waals surface area contributed by atoms with Gasteiger partial charge in [0.1, 0.15) is 0 Å². The van der Waals surface area contributed by atoms with E-state index in [0.717, 1.165) is 17.0 Å². The van der Waals surface area contributed by atoms with Crippen LogP contribution in [0.2, 0.25) is 0 Å². The van der Waals surface area contributed by atoms with Crippen LogP contribution in [-0.4, -0.2) is 40.0 Å². The quantitative estimate of drug-likeness (QED) is 0.530. The summed E-state index contributed by atoms with van der Waals surface area (Å²) in [6.07, 6.45) is 4.73. The number of nitrogens with zero attached hydrogens (tertiary/aromatic N) is 8. The van der Waals surface area contributed by atoms with Crippen molar-refractivity contribution in [3.63, 3.8) is 0 Å². The van der Waals surface area contributed by atoms with E-state index in [-0.39, 0.29) is 6.61 Å². The van der Waals surface area contributed by atoms with Gasteiger partial charge in [-0.1, -0.05) is 30.3 Å². The highest BCUT2D eigenvalue weighted by Gasteiger charge is 2.39. The first-order valence-corrected chi connectivity index (χ1v) is 9.98. The van der Waals surface area contributed by atoms with Crippen molar-refractivity contribution >= 4 is 5.65 Å². The summed E-state index contributed by atoms with van der Waals surface area (Å²) in [5.74, 6) is 2.87. The van der Waals surface area contributed by atoms with Crippen LogP contribution < -0.4 is 4.74 Å². The molecule has 146 valence electrons. The highest BCUT2D eigenvalue weighted by atomic mass is 16.5. The average molecular weight is 388 g/mol. The molecule has 1 aromatic carbocycles. The van der Waals surface area contributed by atoms with Crippen molar-refractivity contribution in [1.29, 1.82) is 0 Å². The minimum Gasteiger partial charge on any atom is -0.468 e. The van der Waals surface area contributed by atoms with Crippen molar-refractivity contribution < 1.29 is 4.74 Å². The van der Waals surface area contributed by atoms with Gasteiger partial charge >= 0.3 is 0 Å². The number of hydrogen-bond donors (Lipinski definition) is 0. The van der Waals surface area contributed by atoms with Crippen molar-refractivity contribution in [2.45, 2.75) is 44.1 Å². The molecule has 2 bridgehead atoms. The summed E-state index contributed by atoms with van der Waals surface area (Å²) < 4.78 is 8.00. The molecule has 29 heavy (non-hydrogen) atoms.